The monoisotopic (exact) mass is 365 g/mol. The zero-order valence-electron chi connectivity index (χ0n) is 15.6. The van der Waals surface area contributed by atoms with Crippen LogP contribution < -0.4 is 16.2 Å². The number of aliphatic carboxylic acids is 1. The Balaban J connectivity index is 4.61. The summed E-state index contributed by atoms with van der Waals surface area (Å²) in [6.07, 6.45) is 0. The van der Waals surface area contributed by atoms with Crippen molar-refractivity contribution in [3.05, 3.63) is 0 Å². The standard InChI is InChI=1S/C15H31N3O7/c1-6-23-15(24-7-2,25-9-8-22-5)10-16-11(3)13(19)18-17-12(4)14(20)21/h11-12,16-17H,6-10H2,1-5H3,(H,18,19)(H,20,21)/t11-,12-/m0/s1. The molecule has 1 amide bonds. The molecule has 0 unspecified atom stereocenters. The van der Waals surface area contributed by atoms with Gasteiger partial charge in [0.2, 0.25) is 0 Å². The van der Waals surface area contributed by atoms with Crippen molar-refractivity contribution >= 4 is 11.9 Å². The molecule has 2 atom stereocenters. The molecule has 0 spiro atoms. The van der Waals surface area contributed by atoms with Crippen molar-refractivity contribution in [2.45, 2.75) is 45.8 Å². The van der Waals surface area contributed by atoms with Gasteiger partial charge in [-0.15, -0.1) is 0 Å². The van der Waals surface area contributed by atoms with E-state index >= 15 is 0 Å². The Morgan fingerprint density at radius 2 is 1.64 bits per heavy atom. The number of hydrogen-bond donors (Lipinski definition) is 4. The first-order valence-corrected chi connectivity index (χ1v) is 8.24. The molecule has 25 heavy (non-hydrogen) atoms. The molecule has 148 valence electrons. The molecule has 0 fully saturated rings. The van der Waals surface area contributed by atoms with Crippen LogP contribution >= 0.6 is 0 Å². The van der Waals surface area contributed by atoms with Gasteiger partial charge in [-0.1, -0.05) is 0 Å². The molecule has 0 bridgehead atoms. The highest BCUT2D eigenvalue weighted by Gasteiger charge is 2.34. The van der Waals surface area contributed by atoms with Gasteiger partial charge in [0.25, 0.3) is 11.9 Å². The molecule has 0 aromatic rings. The lowest BCUT2D eigenvalue weighted by molar-refractivity contribution is -0.375. The van der Waals surface area contributed by atoms with Crippen LogP contribution in [0.25, 0.3) is 0 Å². The molecule has 0 aliphatic rings. The largest absolute Gasteiger partial charge is 0.480 e. The van der Waals surface area contributed by atoms with E-state index in [0.717, 1.165) is 0 Å². The maximum Gasteiger partial charge on any atom is 0.322 e. The van der Waals surface area contributed by atoms with Crippen LogP contribution in [-0.4, -0.2) is 75.1 Å². The lowest BCUT2D eigenvalue weighted by Crippen LogP contribution is -2.56. The molecule has 0 aliphatic carbocycles. The van der Waals surface area contributed by atoms with E-state index in [9.17, 15) is 9.59 Å². The van der Waals surface area contributed by atoms with Crippen LogP contribution in [-0.2, 0) is 28.5 Å². The van der Waals surface area contributed by atoms with Crippen molar-refractivity contribution < 1.29 is 33.6 Å². The fourth-order valence-corrected chi connectivity index (χ4v) is 1.72. The summed E-state index contributed by atoms with van der Waals surface area (Å²) in [6.45, 7) is 8.09. The van der Waals surface area contributed by atoms with E-state index < -0.39 is 29.9 Å². The van der Waals surface area contributed by atoms with Crippen molar-refractivity contribution in [3.8, 4) is 0 Å². The molecule has 0 saturated heterocycles. The Kier molecular flexibility index (Phi) is 12.3. The van der Waals surface area contributed by atoms with E-state index in [1.165, 1.54) is 6.92 Å². The average Bonchev–Trinajstić information content (AvgIpc) is 2.57. The van der Waals surface area contributed by atoms with Crippen LogP contribution in [0, 0.1) is 0 Å². The highest BCUT2D eigenvalue weighted by molar-refractivity contribution is 5.81. The maximum absolute atomic E-state index is 12.0. The van der Waals surface area contributed by atoms with Crippen LogP contribution in [0.5, 0.6) is 0 Å². The predicted octanol–water partition coefficient (Wildman–Crippen LogP) is -0.552. The summed E-state index contributed by atoms with van der Waals surface area (Å²) in [5, 5.41) is 11.7. The summed E-state index contributed by atoms with van der Waals surface area (Å²) >= 11 is 0. The molecular weight excluding hydrogens is 334 g/mol. The van der Waals surface area contributed by atoms with Crippen LogP contribution in [0.15, 0.2) is 0 Å². The minimum Gasteiger partial charge on any atom is -0.480 e. The van der Waals surface area contributed by atoms with Gasteiger partial charge in [-0.25, -0.2) is 5.43 Å². The van der Waals surface area contributed by atoms with Crippen LogP contribution in [0.2, 0.25) is 0 Å². The van der Waals surface area contributed by atoms with Gasteiger partial charge in [-0.05, 0) is 27.7 Å². The SMILES string of the molecule is CCOC(CN[C@@H](C)C(=O)NN[C@@H](C)C(=O)O)(OCC)OCCOC. The lowest BCUT2D eigenvalue weighted by atomic mass is 10.3. The zero-order valence-corrected chi connectivity index (χ0v) is 15.6. The van der Waals surface area contributed by atoms with Crippen molar-refractivity contribution in [1.82, 2.24) is 16.2 Å². The first-order valence-electron chi connectivity index (χ1n) is 8.24. The Labute approximate surface area is 148 Å². The second-order valence-electron chi connectivity index (χ2n) is 5.19. The zero-order chi connectivity index (χ0) is 19.3. The number of hydrazine groups is 1. The topological polar surface area (TPSA) is 127 Å². The number of ether oxygens (including phenoxy) is 4. The predicted molar refractivity (Wildman–Crippen MR) is 89.7 cm³/mol. The first-order chi connectivity index (χ1) is 11.8. The quantitative estimate of drug-likeness (QED) is 0.172. The Hall–Kier alpha value is -1.30. The lowest BCUT2D eigenvalue weighted by Gasteiger charge is -2.33. The van der Waals surface area contributed by atoms with E-state index in [4.69, 9.17) is 24.1 Å². The second-order valence-corrected chi connectivity index (χ2v) is 5.19. The molecule has 0 heterocycles. The van der Waals surface area contributed by atoms with Gasteiger partial charge in [0, 0.05) is 20.3 Å². The molecular formula is C15H31N3O7. The van der Waals surface area contributed by atoms with Crippen molar-refractivity contribution in [2.75, 3.05) is 40.1 Å². The molecule has 0 aromatic heterocycles. The van der Waals surface area contributed by atoms with E-state index in [1.54, 1.807) is 27.9 Å². The Bertz CT molecular complexity index is 389. The number of carboxylic acid groups (broad SMARTS) is 1. The normalized spacial score (nSPS) is 14.1. The Morgan fingerprint density at radius 3 is 2.12 bits per heavy atom. The molecule has 0 radical (unpaired) electrons. The van der Waals surface area contributed by atoms with Gasteiger partial charge in [0.1, 0.15) is 6.04 Å². The minimum absolute atomic E-state index is 0.0987. The number of nitrogens with one attached hydrogen (secondary N) is 3. The summed E-state index contributed by atoms with van der Waals surface area (Å²) in [5.74, 6) is -2.83. The van der Waals surface area contributed by atoms with Crippen molar-refractivity contribution in [3.63, 3.8) is 0 Å². The van der Waals surface area contributed by atoms with Crippen molar-refractivity contribution in [1.29, 1.82) is 0 Å². The molecule has 0 rings (SSSR count). The van der Waals surface area contributed by atoms with Crippen LogP contribution in [0.1, 0.15) is 27.7 Å². The number of methoxy groups -OCH3 is 1. The first kappa shape index (κ1) is 23.7. The number of carbonyl (C=O) groups is 2. The minimum atomic E-state index is -1.33. The van der Waals surface area contributed by atoms with Gasteiger partial charge in [-0.3, -0.25) is 20.3 Å². The fourth-order valence-electron chi connectivity index (χ4n) is 1.72. The maximum atomic E-state index is 12.0. The summed E-state index contributed by atoms with van der Waals surface area (Å²) in [6, 6.07) is -1.54. The number of carboxylic acids is 1. The number of hydrogen-bond acceptors (Lipinski definition) is 8. The van der Waals surface area contributed by atoms with E-state index in [-0.39, 0.29) is 13.2 Å². The third-order valence-corrected chi connectivity index (χ3v) is 3.14. The molecule has 4 N–H and O–H groups in total. The second kappa shape index (κ2) is 13.0. The third kappa shape index (κ3) is 9.68. The average molecular weight is 365 g/mol. The van der Waals surface area contributed by atoms with Crippen LogP contribution in [0.4, 0.5) is 0 Å². The van der Waals surface area contributed by atoms with Crippen molar-refractivity contribution in [2.24, 2.45) is 0 Å². The van der Waals surface area contributed by atoms with E-state index in [1.807, 2.05) is 0 Å². The number of carbonyl (C=O) groups excluding carboxylic acids is 1. The summed E-state index contributed by atoms with van der Waals surface area (Å²) in [5.41, 5.74) is 4.74. The van der Waals surface area contributed by atoms with E-state index in [0.29, 0.717) is 19.8 Å². The van der Waals surface area contributed by atoms with Gasteiger partial charge >= 0.3 is 5.97 Å². The van der Waals surface area contributed by atoms with E-state index in [2.05, 4.69) is 16.2 Å². The summed E-state index contributed by atoms with van der Waals surface area (Å²) in [7, 11) is 1.56. The molecule has 0 saturated carbocycles. The van der Waals surface area contributed by atoms with Gasteiger partial charge < -0.3 is 24.1 Å². The van der Waals surface area contributed by atoms with Gasteiger partial charge in [0.05, 0.1) is 25.8 Å². The molecule has 10 heteroatoms. The van der Waals surface area contributed by atoms with Gasteiger partial charge in [-0.2, -0.15) is 0 Å². The molecule has 10 nitrogen and oxygen atoms in total. The van der Waals surface area contributed by atoms with Crippen LogP contribution in [0.3, 0.4) is 0 Å². The highest BCUT2D eigenvalue weighted by Crippen LogP contribution is 2.15. The smallest absolute Gasteiger partial charge is 0.322 e. The summed E-state index contributed by atoms with van der Waals surface area (Å²) < 4.78 is 21.8. The fraction of sp³-hybridized carbons (Fsp3) is 0.867. The number of amides is 1. The third-order valence-electron chi connectivity index (χ3n) is 3.14. The highest BCUT2D eigenvalue weighted by atomic mass is 16.9. The molecule has 0 aromatic carbocycles. The molecule has 0 aliphatic heterocycles. The summed E-state index contributed by atoms with van der Waals surface area (Å²) in [4.78, 5) is 22.7. The number of rotatable bonds is 15. The van der Waals surface area contributed by atoms with Gasteiger partial charge in [0.15, 0.2) is 0 Å². The Morgan fingerprint density at radius 1 is 1.04 bits per heavy atom.